The van der Waals surface area contributed by atoms with Gasteiger partial charge in [-0.15, -0.1) is 0 Å². The normalized spacial score (nSPS) is 26.4. The Morgan fingerprint density at radius 3 is 2.64 bits per heavy atom. The summed E-state index contributed by atoms with van der Waals surface area (Å²) in [5, 5.41) is 18.5. The van der Waals surface area contributed by atoms with Crippen molar-refractivity contribution in [3.63, 3.8) is 0 Å². The SMILES string of the molecule is N#CNC(=NC1CCCC(C(F)(F)F)C1)N1CC(N2CCCC2=O)C(c2ccc(Cl)cc2)=N1. The largest absolute Gasteiger partial charge is 0.391 e. The molecule has 1 saturated heterocycles. The summed E-state index contributed by atoms with van der Waals surface area (Å²) < 4.78 is 39.7. The lowest BCUT2D eigenvalue weighted by atomic mass is 9.85. The van der Waals surface area contributed by atoms with Gasteiger partial charge in [0.15, 0.2) is 6.19 Å². The minimum absolute atomic E-state index is 0.0237. The Labute approximate surface area is 194 Å². The van der Waals surface area contributed by atoms with Gasteiger partial charge in [0, 0.05) is 23.6 Å². The van der Waals surface area contributed by atoms with E-state index >= 15 is 0 Å². The van der Waals surface area contributed by atoms with E-state index in [1.807, 2.05) is 18.3 Å². The fraction of sp³-hybridized carbons (Fsp3) is 0.545. The Bertz CT molecular complexity index is 987. The highest BCUT2D eigenvalue weighted by Gasteiger charge is 2.43. The molecule has 7 nitrogen and oxygen atoms in total. The maximum atomic E-state index is 13.2. The molecule has 1 N–H and O–H groups in total. The number of nitriles is 1. The average molecular weight is 481 g/mol. The van der Waals surface area contributed by atoms with Crippen molar-refractivity contribution < 1.29 is 18.0 Å². The van der Waals surface area contributed by atoms with Crippen molar-refractivity contribution in [3.05, 3.63) is 34.9 Å². The highest BCUT2D eigenvalue weighted by atomic mass is 35.5. The van der Waals surface area contributed by atoms with Crippen molar-refractivity contribution in [3.8, 4) is 6.19 Å². The van der Waals surface area contributed by atoms with Crippen LogP contribution in [-0.4, -0.2) is 58.8 Å². The number of guanidine groups is 1. The van der Waals surface area contributed by atoms with Gasteiger partial charge in [-0.2, -0.15) is 23.5 Å². The van der Waals surface area contributed by atoms with Crippen molar-refractivity contribution in [1.29, 1.82) is 5.26 Å². The van der Waals surface area contributed by atoms with Gasteiger partial charge in [-0.3, -0.25) is 10.1 Å². The van der Waals surface area contributed by atoms with Gasteiger partial charge in [0.05, 0.1) is 30.3 Å². The Kier molecular flexibility index (Phi) is 6.79. The monoisotopic (exact) mass is 480 g/mol. The van der Waals surface area contributed by atoms with Crippen molar-refractivity contribution in [2.45, 2.75) is 56.8 Å². The number of hydrazone groups is 1. The third kappa shape index (κ3) is 5.24. The molecule has 0 bridgehead atoms. The first-order valence-electron chi connectivity index (χ1n) is 11.0. The zero-order valence-electron chi connectivity index (χ0n) is 17.9. The number of likely N-dealkylation sites (tertiary alicyclic amines) is 1. The first kappa shape index (κ1) is 23.4. The minimum Gasteiger partial charge on any atom is -0.332 e. The van der Waals surface area contributed by atoms with Crippen LogP contribution in [0.4, 0.5) is 13.2 Å². The molecule has 1 saturated carbocycles. The standard InChI is InChI=1S/C22H24ClF3N6O/c23-16-8-6-14(7-9-16)20-18(31-10-2-5-19(31)33)12-32(30-20)21(28-13-27)29-17-4-1-3-15(11-17)22(24,25)26/h6-9,15,17-18H,1-5,10-12H2,(H,28,29). The number of nitrogens with one attached hydrogen (secondary N) is 1. The average Bonchev–Trinajstić information content (AvgIpc) is 3.40. The number of aliphatic imine (C=N–C) groups is 1. The highest BCUT2D eigenvalue weighted by Crippen LogP contribution is 2.38. The second-order valence-electron chi connectivity index (χ2n) is 8.53. The molecular weight excluding hydrogens is 457 g/mol. The Morgan fingerprint density at radius 2 is 2.00 bits per heavy atom. The van der Waals surface area contributed by atoms with Crippen molar-refractivity contribution in [2.24, 2.45) is 16.0 Å². The van der Waals surface area contributed by atoms with E-state index in [0.29, 0.717) is 36.5 Å². The highest BCUT2D eigenvalue weighted by molar-refractivity contribution is 6.30. The van der Waals surface area contributed by atoms with E-state index < -0.39 is 18.1 Å². The predicted octanol–water partition coefficient (Wildman–Crippen LogP) is 3.90. The zero-order valence-corrected chi connectivity index (χ0v) is 18.6. The number of rotatable bonds is 3. The summed E-state index contributed by atoms with van der Waals surface area (Å²) in [4.78, 5) is 18.7. The van der Waals surface area contributed by atoms with E-state index in [2.05, 4.69) is 15.4 Å². The van der Waals surface area contributed by atoms with Gasteiger partial charge in [-0.25, -0.2) is 10.0 Å². The van der Waals surface area contributed by atoms with Gasteiger partial charge in [0.25, 0.3) is 0 Å². The second-order valence-corrected chi connectivity index (χ2v) is 8.97. The Morgan fingerprint density at radius 1 is 1.24 bits per heavy atom. The molecule has 1 amide bonds. The van der Waals surface area contributed by atoms with Crippen LogP contribution in [0.1, 0.15) is 44.1 Å². The molecule has 176 valence electrons. The van der Waals surface area contributed by atoms with Crippen LogP contribution in [0.15, 0.2) is 34.4 Å². The van der Waals surface area contributed by atoms with Crippen molar-refractivity contribution in [1.82, 2.24) is 15.2 Å². The van der Waals surface area contributed by atoms with E-state index in [9.17, 15) is 23.2 Å². The van der Waals surface area contributed by atoms with E-state index in [1.165, 1.54) is 5.01 Å². The van der Waals surface area contributed by atoms with Crippen LogP contribution in [-0.2, 0) is 4.79 Å². The number of halogens is 4. The summed E-state index contributed by atoms with van der Waals surface area (Å²) in [6.07, 6.45) is -0.315. The third-order valence-corrected chi connectivity index (χ3v) is 6.59. The molecule has 3 atom stereocenters. The molecular formula is C22H24ClF3N6O. The molecule has 1 aromatic rings. The summed E-state index contributed by atoms with van der Waals surface area (Å²) in [6.45, 7) is 0.852. The van der Waals surface area contributed by atoms with E-state index in [0.717, 1.165) is 12.0 Å². The molecule has 0 spiro atoms. The van der Waals surface area contributed by atoms with Gasteiger partial charge in [-0.05, 0) is 37.8 Å². The van der Waals surface area contributed by atoms with Crippen molar-refractivity contribution in [2.75, 3.05) is 13.1 Å². The van der Waals surface area contributed by atoms with Gasteiger partial charge in [0.2, 0.25) is 11.9 Å². The number of nitrogens with zero attached hydrogens (tertiary/aromatic N) is 5. The molecule has 2 fully saturated rings. The number of benzene rings is 1. The Hall–Kier alpha value is -2.80. The van der Waals surface area contributed by atoms with Gasteiger partial charge >= 0.3 is 6.18 Å². The molecule has 0 radical (unpaired) electrons. The summed E-state index contributed by atoms with van der Waals surface area (Å²) in [5.74, 6) is -1.27. The smallest absolute Gasteiger partial charge is 0.332 e. The molecule has 2 aliphatic heterocycles. The first-order valence-corrected chi connectivity index (χ1v) is 11.3. The van der Waals surface area contributed by atoms with Crippen molar-refractivity contribution >= 4 is 29.2 Å². The lowest BCUT2D eigenvalue weighted by Crippen LogP contribution is -2.46. The minimum atomic E-state index is -4.26. The maximum Gasteiger partial charge on any atom is 0.391 e. The molecule has 33 heavy (non-hydrogen) atoms. The molecule has 0 aromatic heterocycles. The maximum absolute atomic E-state index is 13.2. The number of amides is 1. The lowest BCUT2D eigenvalue weighted by Gasteiger charge is -2.29. The second kappa shape index (κ2) is 9.59. The lowest BCUT2D eigenvalue weighted by molar-refractivity contribution is -0.182. The van der Waals surface area contributed by atoms with E-state index in [-0.39, 0.29) is 37.3 Å². The summed E-state index contributed by atoms with van der Waals surface area (Å²) in [5.41, 5.74) is 1.41. The third-order valence-electron chi connectivity index (χ3n) is 6.34. The molecule has 3 unspecified atom stereocenters. The van der Waals surface area contributed by atoms with Crippen LogP contribution in [0.3, 0.4) is 0 Å². The topological polar surface area (TPSA) is 84.1 Å². The van der Waals surface area contributed by atoms with Crippen LogP contribution < -0.4 is 5.32 Å². The molecule has 2 heterocycles. The van der Waals surface area contributed by atoms with Crippen LogP contribution in [0.2, 0.25) is 5.02 Å². The van der Waals surface area contributed by atoms with Crippen LogP contribution in [0.25, 0.3) is 0 Å². The van der Waals surface area contributed by atoms with Crippen LogP contribution in [0.5, 0.6) is 0 Å². The molecule has 1 aromatic carbocycles. The number of hydrogen-bond donors (Lipinski definition) is 1. The summed E-state index contributed by atoms with van der Waals surface area (Å²) in [7, 11) is 0. The van der Waals surface area contributed by atoms with E-state index in [1.54, 1.807) is 17.0 Å². The summed E-state index contributed by atoms with van der Waals surface area (Å²) >= 11 is 6.02. The number of alkyl halides is 3. The summed E-state index contributed by atoms with van der Waals surface area (Å²) in [6, 6.07) is 6.15. The zero-order chi connectivity index (χ0) is 23.6. The molecule has 11 heteroatoms. The molecule has 3 aliphatic rings. The van der Waals surface area contributed by atoms with E-state index in [4.69, 9.17) is 11.6 Å². The van der Waals surface area contributed by atoms with Crippen LogP contribution in [0, 0.1) is 17.4 Å². The fourth-order valence-corrected chi connectivity index (χ4v) is 4.83. The fourth-order valence-electron chi connectivity index (χ4n) is 4.70. The van der Waals surface area contributed by atoms with Gasteiger partial charge < -0.3 is 4.90 Å². The number of carbonyl (C=O) groups excluding carboxylic acids is 1. The Balaban J connectivity index is 1.63. The number of hydrogen-bond acceptors (Lipinski definition) is 4. The molecule has 4 rings (SSSR count). The van der Waals surface area contributed by atoms with Gasteiger partial charge in [-0.1, -0.05) is 30.2 Å². The van der Waals surface area contributed by atoms with Crippen LogP contribution >= 0.6 is 11.6 Å². The number of carbonyl (C=O) groups is 1. The predicted molar refractivity (Wildman–Crippen MR) is 117 cm³/mol. The quantitative estimate of drug-likeness (QED) is 0.308. The first-order chi connectivity index (χ1) is 15.8. The van der Waals surface area contributed by atoms with Gasteiger partial charge in [0.1, 0.15) is 0 Å². The molecule has 1 aliphatic carbocycles.